The van der Waals surface area contributed by atoms with Crippen molar-refractivity contribution in [3.8, 4) is 0 Å². The second kappa shape index (κ2) is 9.16. The smallest absolute Gasteiger partial charge is 0.404 e. The second-order valence-corrected chi connectivity index (χ2v) is 8.62. The van der Waals surface area contributed by atoms with Gasteiger partial charge in [0.1, 0.15) is 5.82 Å². The van der Waals surface area contributed by atoms with Crippen molar-refractivity contribution in [3.05, 3.63) is 41.3 Å². The Morgan fingerprint density at radius 2 is 2.03 bits per heavy atom. The number of hydrogen-bond acceptors (Lipinski definition) is 6. The fourth-order valence-electron chi connectivity index (χ4n) is 4.29. The second-order valence-electron chi connectivity index (χ2n) is 8.62. The molecule has 0 spiro atoms. The van der Waals surface area contributed by atoms with Gasteiger partial charge in [0.05, 0.1) is 28.9 Å². The first-order valence-electron chi connectivity index (χ1n) is 11.1. The highest BCUT2D eigenvalue weighted by Crippen LogP contribution is 2.37. The van der Waals surface area contributed by atoms with Crippen LogP contribution >= 0.6 is 0 Å². The third-order valence-corrected chi connectivity index (χ3v) is 6.15. The molecule has 0 saturated heterocycles. The first-order chi connectivity index (χ1) is 16.2. The number of carbonyl (C=O) groups is 2. The molecule has 0 bridgehead atoms. The van der Waals surface area contributed by atoms with Crippen molar-refractivity contribution < 1.29 is 19.1 Å². The SMILES string of the molecule is CC[C@H](NC(=O)O)[C@@H](Nc1nc(Nc2ccc3c(c2)c(C)nn3C)c(C(N)=O)cc1F)C1CC1. The van der Waals surface area contributed by atoms with Crippen molar-refractivity contribution in [1.29, 1.82) is 0 Å². The zero-order chi connectivity index (χ0) is 24.6. The summed E-state index contributed by atoms with van der Waals surface area (Å²) in [5.74, 6) is -1.34. The molecule has 34 heavy (non-hydrogen) atoms. The van der Waals surface area contributed by atoms with Gasteiger partial charge >= 0.3 is 6.09 Å². The van der Waals surface area contributed by atoms with Crippen molar-refractivity contribution in [2.75, 3.05) is 10.6 Å². The Morgan fingerprint density at radius 1 is 1.29 bits per heavy atom. The van der Waals surface area contributed by atoms with Crippen LogP contribution in [0.4, 0.5) is 26.5 Å². The Labute approximate surface area is 195 Å². The van der Waals surface area contributed by atoms with E-state index in [1.54, 1.807) is 4.68 Å². The molecule has 0 radical (unpaired) electrons. The van der Waals surface area contributed by atoms with Crippen LogP contribution in [-0.2, 0) is 7.05 Å². The number of nitrogens with two attached hydrogens (primary N) is 1. The average molecular weight is 470 g/mol. The molecule has 3 aromatic rings. The highest BCUT2D eigenvalue weighted by atomic mass is 19.1. The zero-order valence-electron chi connectivity index (χ0n) is 19.2. The standard InChI is InChI=1S/C23H28FN7O3/c1-4-17(27-23(33)34)19(12-5-6-12)28-22-16(24)10-15(20(25)32)21(29-22)26-13-7-8-18-14(9-13)11(2)30-31(18)3/h7-10,12,17,19,27H,4-6H2,1-3H3,(H2,25,32)(H,33,34)(H2,26,28,29)/t17-,19-/m0/s1. The lowest BCUT2D eigenvalue weighted by atomic mass is 10.0. The molecule has 2 aromatic heterocycles. The maximum absolute atomic E-state index is 15.0. The number of primary amides is 1. The van der Waals surface area contributed by atoms with E-state index in [1.165, 1.54) is 0 Å². The number of nitrogens with one attached hydrogen (secondary N) is 3. The Bertz CT molecular complexity index is 1260. The van der Waals surface area contributed by atoms with Gasteiger partial charge in [-0.1, -0.05) is 6.92 Å². The van der Waals surface area contributed by atoms with Crippen molar-refractivity contribution in [3.63, 3.8) is 0 Å². The van der Waals surface area contributed by atoms with E-state index in [1.807, 2.05) is 39.1 Å². The number of aromatic nitrogens is 3. The summed E-state index contributed by atoms with van der Waals surface area (Å²) in [6, 6.07) is 5.85. The van der Waals surface area contributed by atoms with Gasteiger partial charge in [0.2, 0.25) is 0 Å². The van der Waals surface area contributed by atoms with Gasteiger partial charge in [0, 0.05) is 18.1 Å². The van der Waals surface area contributed by atoms with Crippen molar-refractivity contribution in [2.45, 2.75) is 45.2 Å². The van der Waals surface area contributed by atoms with E-state index < -0.39 is 23.9 Å². The molecule has 0 aliphatic heterocycles. The molecule has 1 aromatic carbocycles. The molecule has 2 amide bonds. The Morgan fingerprint density at radius 3 is 2.65 bits per heavy atom. The Balaban J connectivity index is 1.68. The van der Waals surface area contributed by atoms with E-state index in [0.717, 1.165) is 35.5 Å². The molecular weight excluding hydrogens is 441 g/mol. The number of rotatable bonds is 9. The van der Waals surface area contributed by atoms with Crippen LogP contribution in [0.3, 0.4) is 0 Å². The summed E-state index contributed by atoms with van der Waals surface area (Å²) in [5.41, 5.74) is 7.82. The van der Waals surface area contributed by atoms with Crippen LogP contribution in [0.1, 0.15) is 42.2 Å². The predicted octanol–water partition coefficient (Wildman–Crippen LogP) is 3.50. The molecule has 1 saturated carbocycles. The molecule has 11 heteroatoms. The van der Waals surface area contributed by atoms with E-state index in [2.05, 4.69) is 26.0 Å². The molecule has 2 heterocycles. The minimum Gasteiger partial charge on any atom is -0.465 e. The number of pyridine rings is 1. The summed E-state index contributed by atoms with van der Waals surface area (Å²) in [6.45, 7) is 3.76. The van der Waals surface area contributed by atoms with Crippen LogP contribution in [-0.4, -0.2) is 44.0 Å². The molecule has 10 nitrogen and oxygen atoms in total. The van der Waals surface area contributed by atoms with Crippen LogP contribution in [0.25, 0.3) is 10.9 Å². The van der Waals surface area contributed by atoms with Crippen LogP contribution in [0.2, 0.25) is 0 Å². The van der Waals surface area contributed by atoms with Gasteiger partial charge in [-0.05, 0) is 56.4 Å². The number of hydrogen-bond donors (Lipinski definition) is 5. The number of amides is 2. The number of aryl methyl sites for hydroxylation is 2. The number of carbonyl (C=O) groups excluding carboxylic acids is 1. The van der Waals surface area contributed by atoms with Gasteiger partial charge in [0.15, 0.2) is 11.6 Å². The summed E-state index contributed by atoms with van der Waals surface area (Å²) >= 11 is 0. The number of carboxylic acid groups (broad SMARTS) is 1. The van der Waals surface area contributed by atoms with Crippen molar-refractivity contribution in [1.82, 2.24) is 20.1 Å². The van der Waals surface area contributed by atoms with E-state index in [9.17, 15) is 19.1 Å². The largest absolute Gasteiger partial charge is 0.465 e. The van der Waals surface area contributed by atoms with Crippen LogP contribution in [0, 0.1) is 18.7 Å². The summed E-state index contributed by atoms with van der Waals surface area (Å²) < 4.78 is 16.7. The molecule has 1 aliphatic rings. The van der Waals surface area contributed by atoms with Gasteiger partial charge in [-0.25, -0.2) is 14.2 Å². The molecule has 0 unspecified atom stereocenters. The fourth-order valence-corrected chi connectivity index (χ4v) is 4.29. The summed E-state index contributed by atoms with van der Waals surface area (Å²) in [6.07, 6.45) is 1.20. The zero-order valence-corrected chi connectivity index (χ0v) is 19.2. The number of fused-ring (bicyclic) bond motifs is 1. The van der Waals surface area contributed by atoms with Crippen LogP contribution in [0.15, 0.2) is 24.3 Å². The summed E-state index contributed by atoms with van der Waals surface area (Å²) in [4.78, 5) is 27.6. The quantitative estimate of drug-likeness (QED) is 0.322. The predicted molar refractivity (Wildman–Crippen MR) is 127 cm³/mol. The topological polar surface area (TPSA) is 147 Å². The molecule has 1 fully saturated rings. The third-order valence-electron chi connectivity index (χ3n) is 6.15. The highest BCUT2D eigenvalue weighted by molar-refractivity contribution is 5.99. The fraction of sp³-hybridized carbons (Fsp3) is 0.391. The van der Waals surface area contributed by atoms with Gasteiger partial charge < -0.3 is 26.8 Å². The normalized spacial score (nSPS) is 15.1. The Kier molecular flexibility index (Phi) is 6.27. The number of anilines is 3. The Hall–Kier alpha value is -3.89. The lowest BCUT2D eigenvalue weighted by molar-refractivity contribution is 0.1000. The lowest BCUT2D eigenvalue weighted by Gasteiger charge is -2.28. The van der Waals surface area contributed by atoms with Gasteiger partial charge in [0.25, 0.3) is 5.91 Å². The molecular formula is C23H28FN7O3. The van der Waals surface area contributed by atoms with Crippen LogP contribution in [0.5, 0.6) is 0 Å². The monoisotopic (exact) mass is 469 g/mol. The van der Waals surface area contributed by atoms with E-state index >= 15 is 0 Å². The minimum atomic E-state index is -1.14. The average Bonchev–Trinajstić information content (AvgIpc) is 3.58. The van der Waals surface area contributed by atoms with Crippen molar-refractivity contribution >= 4 is 40.2 Å². The first-order valence-corrected chi connectivity index (χ1v) is 11.1. The van der Waals surface area contributed by atoms with E-state index in [4.69, 9.17) is 5.73 Å². The van der Waals surface area contributed by atoms with E-state index in [0.29, 0.717) is 12.1 Å². The van der Waals surface area contributed by atoms with Gasteiger partial charge in [-0.2, -0.15) is 5.10 Å². The summed E-state index contributed by atoms with van der Waals surface area (Å²) in [5, 5.41) is 23.2. The number of benzene rings is 1. The van der Waals surface area contributed by atoms with Crippen molar-refractivity contribution in [2.24, 2.45) is 18.7 Å². The molecule has 6 N–H and O–H groups in total. The van der Waals surface area contributed by atoms with E-state index in [-0.39, 0.29) is 29.2 Å². The first kappa shape index (κ1) is 23.3. The minimum absolute atomic E-state index is 0.0753. The molecule has 2 atom stereocenters. The van der Waals surface area contributed by atoms with Gasteiger partial charge in [-0.15, -0.1) is 0 Å². The maximum Gasteiger partial charge on any atom is 0.404 e. The molecule has 180 valence electrons. The highest BCUT2D eigenvalue weighted by Gasteiger charge is 2.37. The third kappa shape index (κ3) is 4.73. The maximum atomic E-state index is 15.0. The van der Waals surface area contributed by atoms with Crippen LogP contribution < -0.4 is 21.7 Å². The summed E-state index contributed by atoms with van der Waals surface area (Å²) in [7, 11) is 1.85. The van der Waals surface area contributed by atoms with Gasteiger partial charge in [-0.3, -0.25) is 9.48 Å². The number of nitrogens with zero attached hydrogens (tertiary/aromatic N) is 3. The lowest BCUT2D eigenvalue weighted by Crippen LogP contribution is -2.47. The number of halogens is 1. The molecule has 4 rings (SSSR count). The molecule has 1 aliphatic carbocycles.